The van der Waals surface area contributed by atoms with Crippen molar-refractivity contribution in [2.45, 2.75) is 6.92 Å². The van der Waals surface area contributed by atoms with Crippen LogP contribution in [0, 0.1) is 6.92 Å². The molecule has 0 radical (unpaired) electrons. The van der Waals surface area contributed by atoms with Gasteiger partial charge in [-0.25, -0.2) is 14.7 Å². The van der Waals surface area contributed by atoms with E-state index in [9.17, 15) is 9.59 Å². The van der Waals surface area contributed by atoms with Gasteiger partial charge in [-0.3, -0.25) is 9.48 Å². The highest BCUT2D eigenvalue weighted by Gasteiger charge is 2.19. The number of hydrogen-bond donors (Lipinski definition) is 1. The Hall–Kier alpha value is -2.64. The Morgan fingerprint density at radius 3 is 2.80 bits per heavy atom. The first-order valence-electron chi connectivity index (χ1n) is 7.21. The molecule has 1 N–H and O–H groups in total. The van der Waals surface area contributed by atoms with Crippen LogP contribution in [0.4, 0.5) is 16.2 Å². The van der Waals surface area contributed by atoms with Gasteiger partial charge in [0.25, 0.3) is 0 Å². The Bertz CT molecular complexity index is 986. The zero-order valence-corrected chi connectivity index (χ0v) is 14.8. The van der Waals surface area contributed by atoms with E-state index in [1.807, 2.05) is 0 Å². The number of nitrogens with one attached hydrogen (secondary N) is 1. The minimum Gasteiger partial charge on any atom is -0.304 e. The number of carbonyl (C=O) groups is 2. The SMILES string of the molecule is Cc1nn(C)c2ncc(NC(=O)N(C=O)c3cccc(Cl)c3)c(Cl)c12. The van der Waals surface area contributed by atoms with Gasteiger partial charge < -0.3 is 5.32 Å². The van der Waals surface area contributed by atoms with Crippen LogP contribution in [0.25, 0.3) is 11.0 Å². The van der Waals surface area contributed by atoms with Crippen LogP contribution in [0.5, 0.6) is 0 Å². The average molecular weight is 378 g/mol. The molecule has 0 spiro atoms. The lowest BCUT2D eigenvalue weighted by molar-refractivity contribution is -0.106. The fourth-order valence-corrected chi connectivity index (χ4v) is 2.98. The number of amides is 3. The predicted molar refractivity (Wildman–Crippen MR) is 97.3 cm³/mol. The van der Waals surface area contributed by atoms with E-state index in [-0.39, 0.29) is 5.69 Å². The number of imide groups is 1. The second-order valence-electron chi connectivity index (χ2n) is 5.28. The van der Waals surface area contributed by atoms with Crippen molar-refractivity contribution in [3.05, 3.63) is 46.2 Å². The number of hydrogen-bond acceptors (Lipinski definition) is 4. The summed E-state index contributed by atoms with van der Waals surface area (Å²) < 4.78 is 1.60. The molecule has 7 nitrogen and oxygen atoms in total. The summed E-state index contributed by atoms with van der Waals surface area (Å²) in [7, 11) is 1.75. The Morgan fingerprint density at radius 2 is 2.12 bits per heavy atom. The van der Waals surface area contributed by atoms with E-state index < -0.39 is 6.03 Å². The second-order valence-corrected chi connectivity index (χ2v) is 6.09. The van der Waals surface area contributed by atoms with E-state index >= 15 is 0 Å². The van der Waals surface area contributed by atoms with Gasteiger partial charge in [-0.15, -0.1) is 0 Å². The molecule has 0 saturated carbocycles. The van der Waals surface area contributed by atoms with E-state index in [2.05, 4.69) is 15.4 Å². The van der Waals surface area contributed by atoms with Gasteiger partial charge in [0.15, 0.2) is 5.65 Å². The monoisotopic (exact) mass is 377 g/mol. The Labute approximate surface area is 153 Å². The smallest absolute Gasteiger partial charge is 0.304 e. The maximum absolute atomic E-state index is 12.5. The number of halogens is 2. The standard InChI is InChI=1S/C16H13Cl2N5O2/c1-9-13-14(18)12(7-19-15(13)22(2)21-9)20-16(25)23(8-24)11-5-3-4-10(17)6-11/h3-8H,1-2H3,(H,20,25). The summed E-state index contributed by atoms with van der Waals surface area (Å²) in [5.41, 5.74) is 1.91. The van der Waals surface area contributed by atoms with Gasteiger partial charge in [0.05, 0.1) is 33.7 Å². The van der Waals surface area contributed by atoms with Crippen molar-refractivity contribution in [1.82, 2.24) is 14.8 Å². The lowest BCUT2D eigenvalue weighted by atomic mass is 10.2. The number of aromatic nitrogens is 3. The van der Waals surface area contributed by atoms with E-state index in [0.29, 0.717) is 38.9 Å². The maximum Gasteiger partial charge on any atom is 0.333 e. The zero-order valence-electron chi connectivity index (χ0n) is 13.3. The third kappa shape index (κ3) is 3.16. The highest BCUT2D eigenvalue weighted by molar-refractivity contribution is 6.38. The maximum atomic E-state index is 12.5. The molecule has 3 aromatic rings. The number of rotatable bonds is 3. The van der Waals surface area contributed by atoms with Gasteiger partial charge in [0.1, 0.15) is 0 Å². The van der Waals surface area contributed by atoms with Crippen molar-refractivity contribution in [3.8, 4) is 0 Å². The topological polar surface area (TPSA) is 80.1 Å². The Kier molecular flexibility index (Phi) is 4.61. The lowest BCUT2D eigenvalue weighted by Crippen LogP contribution is -2.33. The van der Waals surface area contributed by atoms with Crippen molar-refractivity contribution in [1.29, 1.82) is 0 Å². The van der Waals surface area contributed by atoms with Crippen molar-refractivity contribution in [2.75, 3.05) is 10.2 Å². The average Bonchev–Trinajstić information content (AvgIpc) is 2.85. The first-order valence-corrected chi connectivity index (χ1v) is 7.97. The summed E-state index contributed by atoms with van der Waals surface area (Å²) in [5.74, 6) is 0. The predicted octanol–water partition coefficient (Wildman–Crippen LogP) is 3.78. The molecule has 0 atom stereocenters. The Morgan fingerprint density at radius 1 is 1.36 bits per heavy atom. The first-order chi connectivity index (χ1) is 11.9. The largest absolute Gasteiger partial charge is 0.333 e. The number of urea groups is 1. The van der Waals surface area contributed by atoms with Crippen molar-refractivity contribution in [2.24, 2.45) is 7.05 Å². The third-order valence-electron chi connectivity index (χ3n) is 3.62. The minimum absolute atomic E-state index is 0.282. The summed E-state index contributed by atoms with van der Waals surface area (Å²) >= 11 is 12.3. The third-order valence-corrected chi connectivity index (χ3v) is 4.24. The molecule has 128 valence electrons. The van der Waals surface area contributed by atoms with Crippen LogP contribution in [-0.4, -0.2) is 27.2 Å². The van der Waals surface area contributed by atoms with Crippen LogP contribution in [0.1, 0.15) is 5.69 Å². The van der Waals surface area contributed by atoms with E-state index in [4.69, 9.17) is 23.2 Å². The lowest BCUT2D eigenvalue weighted by Gasteiger charge is -2.17. The van der Waals surface area contributed by atoms with Crippen molar-refractivity contribution in [3.63, 3.8) is 0 Å². The zero-order chi connectivity index (χ0) is 18.1. The summed E-state index contributed by atoms with van der Waals surface area (Å²) in [6.45, 7) is 1.80. The summed E-state index contributed by atoms with van der Waals surface area (Å²) in [6.07, 6.45) is 1.82. The molecule has 0 aliphatic heterocycles. The molecule has 9 heteroatoms. The van der Waals surface area contributed by atoms with Gasteiger partial charge in [-0.1, -0.05) is 29.3 Å². The van der Waals surface area contributed by atoms with Gasteiger partial charge in [0.2, 0.25) is 6.41 Å². The van der Waals surface area contributed by atoms with Crippen LogP contribution in [0.2, 0.25) is 10.0 Å². The highest BCUT2D eigenvalue weighted by Crippen LogP contribution is 2.31. The number of pyridine rings is 1. The first kappa shape index (κ1) is 17.2. The summed E-state index contributed by atoms with van der Waals surface area (Å²) in [6, 6.07) is 5.70. The van der Waals surface area contributed by atoms with Crippen LogP contribution in [-0.2, 0) is 11.8 Å². The molecule has 25 heavy (non-hydrogen) atoms. The van der Waals surface area contributed by atoms with E-state index in [0.717, 1.165) is 4.90 Å². The number of benzene rings is 1. The fraction of sp³-hybridized carbons (Fsp3) is 0.125. The van der Waals surface area contributed by atoms with E-state index in [1.165, 1.54) is 12.3 Å². The number of aryl methyl sites for hydroxylation is 2. The van der Waals surface area contributed by atoms with Crippen molar-refractivity contribution < 1.29 is 9.59 Å². The molecule has 0 aliphatic rings. The second kappa shape index (κ2) is 6.70. The number of nitrogens with zero attached hydrogens (tertiary/aromatic N) is 4. The molecule has 0 saturated heterocycles. The molecule has 3 amide bonds. The summed E-state index contributed by atoms with van der Waals surface area (Å²) in [5, 5.41) is 8.20. The molecule has 1 aromatic carbocycles. The Balaban J connectivity index is 1.94. The van der Waals surface area contributed by atoms with Crippen LogP contribution in [0.15, 0.2) is 30.5 Å². The minimum atomic E-state index is -0.679. The quantitative estimate of drug-likeness (QED) is 0.704. The summed E-state index contributed by atoms with van der Waals surface area (Å²) in [4.78, 5) is 29.0. The molecule has 0 unspecified atom stereocenters. The molecule has 0 aliphatic carbocycles. The number of fused-ring (bicyclic) bond motifs is 1. The van der Waals surface area contributed by atoms with Crippen molar-refractivity contribution >= 4 is 58.1 Å². The van der Waals surface area contributed by atoms with Gasteiger partial charge >= 0.3 is 6.03 Å². The van der Waals surface area contributed by atoms with Gasteiger partial charge in [0, 0.05) is 12.1 Å². The normalized spacial score (nSPS) is 10.7. The van der Waals surface area contributed by atoms with E-state index in [1.54, 1.807) is 36.9 Å². The number of carbonyl (C=O) groups excluding carboxylic acids is 2. The highest BCUT2D eigenvalue weighted by atomic mass is 35.5. The molecule has 2 aromatic heterocycles. The molecule has 0 fully saturated rings. The van der Waals surface area contributed by atoms with Crippen LogP contribution < -0.4 is 10.2 Å². The van der Waals surface area contributed by atoms with Gasteiger partial charge in [-0.05, 0) is 25.1 Å². The van der Waals surface area contributed by atoms with Crippen LogP contribution in [0.3, 0.4) is 0 Å². The fourth-order valence-electron chi connectivity index (χ4n) is 2.48. The molecular weight excluding hydrogens is 365 g/mol. The molecule has 3 rings (SSSR count). The molecule has 2 heterocycles. The molecule has 0 bridgehead atoms. The number of anilines is 2. The molecular formula is C16H13Cl2N5O2. The van der Waals surface area contributed by atoms with Crippen LogP contribution >= 0.6 is 23.2 Å². The van der Waals surface area contributed by atoms with Gasteiger partial charge in [-0.2, -0.15) is 5.10 Å².